The summed E-state index contributed by atoms with van der Waals surface area (Å²) in [6.45, 7) is 9.74. The smallest absolute Gasteiger partial charge is 0.00148 e. The van der Waals surface area contributed by atoms with E-state index in [0.717, 1.165) is 5.92 Å². The predicted molar refractivity (Wildman–Crippen MR) is 86.6 cm³/mol. The largest absolute Gasteiger partial charge is 0.316 e. The van der Waals surface area contributed by atoms with Crippen molar-refractivity contribution in [3.63, 3.8) is 0 Å². The molecule has 1 heteroatoms. The van der Waals surface area contributed by atoms with E-state index in [1.165, 1.54) is 83.7 Å². The van der Waals surface area contributed by atoms with E-state index in [-0.39, 0.29) is 0 Å². The fourth-order valence-electron chi connectivity index (χ4n) is 3.69. The van der Waals surface area contributed by atoms with Gasteiger partial charge < -0.3 is 5.32 Å². The van der Waals surface area contributed by atoms with E-state index >= 15 is 0 Å². The summed E-state index contributed by atoms with van der Waals surface area (Å²) in [5.41, 5.74) is 0.616. The van der Waals surface area contributed by atoms with E-state index in [1.807, 2.05) is 0 Å². The molecule has 0 amide bonds. The van der Waals surface area contributed by atoms with Crippen molar-refractivity contribution < 1.29 is 0 Å². The van der Waals surface area contributed by atoms with E-state index in [1.54, 1.807) is 0 Å². The van der Waals surface area contributed by atoms with Crippen LogP contribution in [0.5, 0.6) is 0 Å². The van der Waals surface area contributed by atoms with Gasteiger partial charge in [-0.3, -0.25) is 0 Å². The van der Waals surface area contributed by atoms with Crippen LogP contribution >= 0.6 is 0 Å². The van der Waals surface area contributed by atoms with Crippen LogP contribution in [0.3, 0.4) is 0 Å². The van der Waals surface area contributed by atoms with Gasteiger partial charge in [0.1, 0.15) is 0 Å². The van der Waals surface area contributed by atoms with Gasteiger partial charge in [-0.15, -0.1) is 0 Å². The van der Waals surface area contributed by atoms with Crippen molar-refractivity contribution in [3.05, 3.63) is 0 Å². The summed E-state index contributed by atoms with van der Waals surface area (Å²) in [5.74, 6) is 0.941. The lowest BCUT2D eigenvalue weighted by Gasteiger charge is -2.36. The van der Waals surface area contributed by atoms with Crippen LogP contribution in [0.25, 0.3) is 0 Å². The van der Waals surface area contributed by atoms with Gasteiger partial charge in [0.15, 0.2) is 0 Å². The molecule has 114 valence electrons. The predicted octanol–water partition coefficient (Wildman–Crippen LogP) is 5.54. The van der Waals surface area contributed by atoms with E-state index in [9.17, 15) is 0 Å². The summed E-state index contributed by atoms with van der Waals surface area (Å²) in [4.78, 5) is 0. The second-order valence-corrected chi connectivity index (χ2v) is 6.97. The highest BCUT2D eigenvalue weighted by atomic mass is 14.9. The van der Waals surface area contributed by atoms with Crippen LogP contribution in [0.4, 0.5) is 0 Å². The summed E-state index contributed by atoms with van der Waals surface area (Å²) >= 11 is 0. The first kappa shape index (κ1) is 17.0. The summed E-state index contributed by atoms with van der Waals surface area (Å²) in [6, 6.07) is 0. The quantitative estimate of drug-likeness (QED) is 0.484. The molecule has 1 heterocycles. The average molecular weight is 268 g/mol. The molecule has 1 rings (SSSR count). The molecule has 1 unspecified atom stereocenters. The zero-order valence-corrected chi connectivity index (χ0v) is 13.8. The molecule has 0 aromatic rings. The van der Waals surface area contributed by atoms with Crippen LogP contribution < -0.4 is 5.32 Å². The van der Waals surface area contributed by atoms with Gasteiger partial charge in [-0.05, 0) is 43.7 Å². The second-order valence-electron chi connectivity index (χ2n) is 6.97. The Morgan fingerprint density at radius 1 is 0.895 bits per heavy atom. The van der Waals surface area contributed by atoms with Gasteiger partial charge in [0.2, 0.25) is 0 Å². The van der Waals surface area contributed by atoms with Crippen molar-refractivity contribution in [2.45, 2.75) is 91.4 Å². The maximum atomic E-state index is 3.58. The molecule has 1 nitrogen and oxygen atoms in total. The molecule has 1 aliphatic rings. The summed E-state index contributed by atoms with van der Waals surface area (Å²) in [5, 5.41) is 3.58. The standard InChI is InChI=1S/C18H37N/c1-4-6-8-10-13-18(3,14-11-9-7-5-2)17-12-15-19-16-17/h17,19H,4-16H2,1-3H3. The average Bonchev–Trinajstić information content (AvgIpc) is 2.95. The van der Waals surface area contributed by atoms with E-state index in [0.29, 0.717) is 5.41 Å². The first-order valence-electron chi connectivity index (χ1n) is 8.93. The summed E-state index contributed by atoms with van der Waals surface area (Å²) in [6.07, 6.45) is 15.7. The molecule has 0 radical (unpaired) electrons. The highest BCUT2D eigenvalue weighted by Crippen LogP contribution is 2.41. The molecule has 0 spiro atoms. The van der Waals surface area contributed by atoms with Crippen LogP contribution in [-0.2, 0) is 0 Å². The maximum absolute atomic E-state index is 3.58. The monoisotopic (exact) mass is 267 g/mol. The molecule has 1 saturated heterocycles. The third-order valence-corrected chi connectivity index (χ3v) is 5.25. The van der Waals surface area contributed by atoms with Crippen molar-refractivity contribution in [1.29, 1.82) is 0 Å². The summed E-state index contributed by atoms with van der Waals surface area (Å²) < 4.78 is 0. The Labute approximate surface area is 121 Å². The van der Waals surface area contributed by atoms with Gasteiger partial charge in [-0.25, -0.2) is 0 Å². The molecule has 1 fully saturated rings. The zero-order chi connectivity index (χ0) is 14.0. The zero-order valence-electron chi connectivity index (χ0n) is 13.8. The molecule has 0 bridgehead atoms. The van der Waals surface area contributed by atoms with E-state index < -0.39 is 0 Å². The minimum absolute atomic E-state index is 0.616. The number of nitrogens with one attached hydrogen (secondary N) is 1. The topological polar surface area (TPSA) is 12.0 Å². The van der Waals surface area contributed by atoms with Crippen LogP contribution in [0.15, 0.2) is 0 Å². The van der Waals surface area contributed by atoms with Crippen LogP contribution in [0.2, 0.25) is 0 Å². The Kier molecular flexibility index (Phi) is 8.77. The Hall–Kier alpha value is -0.0400. The lowest BCUT2D eigenvalue weighted by molar-refractivity contribution is 0.155. The van der Waals surface area contributed by atoms with Crippen LogP contribution in [0.1, 0.15) is 91.4 Å². The molecule has 1 N–H and O–H groups in total. The Morgan fingerprint density at radius 2 is 1.47 bits per heavy atom. The normalized spacial score (nSPS) is 20.1. The molecular weight excluding hydrogens is 230 g/mol. The first-order chi connectivity index (χ1) is 9.23. The maximum Gasteiger partial charge on any atom is -0.00148 e. The lowest BCUT2D eigenvalue weighted by Crippen LogP contribution is -2.29. The molecule has 19 heavy (non-hydrogen) atoms. The van der Waals surface area contributed by atoms with Gasteiger partial charge in [0, 0.05) is 0 Å². The minimum atomic E-state index is 0.616. The van der Waals surface area contributed by atoms with Gasteiger partial charge in [0.05, 0.1) is 0 Å². The van der Waals surface area contributed by atoms with Crippen molar-refractivity contribution >= 4 is 0 Å². The van der Waals surface area contributed by atoms with Crippen molar-refractivity contribution in [3.8, 4) is 0 Å². The molecule has 1 atom stereocenters. The van der Waals surface area contributed by atoms with Crippen molar-refractivity contribution in [2.75, 3.05) is 13.1 Å². The molecule has 0 aliphatic carbocycles. The molecule has 0 aromatic heterocycles. The summed E-state index contributed by atoms with van der Waals surface area (Å²) in [7, 11) is 0. The van der Waals surface area contributed by atoms with E-state index in [2.05, 4.69) is 26.1 Å². The third-order valence-electron chi connectivity index (χ3n) is 5.25. The van der Waals surface area contributed by atoms with Gasteiger partial charge in [-0.1, -0.05) is 72.1 Å². The second kappa shape index (κ2) is 9.80. The molecule has 0 saturated carbocycles. The van der Waals surface area contributed by atoms with Gasteiger partial charge in [0.25, 0.3) is 0 Å². The molecular formula is C18H37N. The fourth-order valence-corrected chi connectivity index (χ4v) is 3.69. The van der Waals surface area contributed by atoms with Crippen LogP contribution in [0, 0.1) is 11.3 Å². The fraction of sp³-hybridized carbons (Fsp3) is 1.00. The van der Waals surface area contributed by atoms with Gasteiger partial charge >= 0.3 is 0 Å². The third kappa shape index (κ3) is 6.29. The Balaban J connectivity index is 2.36. The SMILES string of the molecule is CCCCCCC(C)(CCCCCC)C1CCNC1. The van der Waals surface area contributed by atoms with Crippen molar-refractivity contribution in [2.24, 2.45) is 11.3 Å². The highest BCUT2D eigenvalue weighted by molar-refractivity contribution is 4.87. The first-order valence-corrected chi connectivity index (χ1v) is 8.93. The number of hydrogen-bond donors (Lipinski definition) is 1. The minimum Gasteiger partial charge on any atom is -0.316 e. The van der Waals surface area contributed by atoms with Crippen molar-refractivity contribution in [1.82, 2.24) is 5.32 Å². The van der Waals surface area contributed by atoms with Crippen LogP contribution in [-0.4, -0.2) is 13.1 Å². The van der Waals surface area contributed by atoms with Gasteiger partial charge in [-0.2, -0.15) is 0 Å². The Morgan fingerprint density at radius 3 is 1.89 bits per heavy atom. The van der Waals surface area contributed by atoms with E-state index in [4.69, 9.17) is 0 Å². The Bertz CT molecular complexity index is 194. The number of hydrogen-bond acceptors (Lipinski definition) is 1. The number of rotatable bonds is 11. The highest BCUT2D eigenvalue weighted by Gasteiger charge is 2.34. The number of unbranched alkanes of at least 4 members (excludes halogenated alkanes) is 6. The molecule has 1 aliphatic heterocycles. The lowest BCUT2D eigenvalue weighted by atomic mass is 9.69. The molecule has 0 aromatic carbocycles.